The van der Waals surface area contributed by atoms with Crippen molar-refractivity contribution in [1.82, 2.24) is 9.97 Å². The molecule has 0 spiro atoms. The maximum atomic E-state index is 4.43. The first-order chi connectivity index (χ1) is 8.92. The molecule has 1 aromatic rings. The van der Waals surface area contributed by atoms with Crippen LogP contribution in [0.5, 0.6) is 0 Å². The second-order valence-electron chi connectivity index (χ2n) is 4.50. The number of thioether (sulfide) groups is 1. The first kappa shape index (κ1) is 13.4. The van der Waals surface area contributed by atoms with Gasteiger partial charge in [-0.1, -0.05) is 12.5 Å². The zero-order valence-electron chi connectivity index (χ0n) is 10.8. The lowest BCUT2D eigenvalue weighted by atomic mass is 10.1. The van der Waals surface area contributed by atoms with E-state index in [1.54, 1.807) is 6.33 Å². The van der Waals surface area contributed by atoms with E-state index in [0.29, 0.717) is 0 Å². The van der Waals surface area contributed by atoms with Gasteiger partial charge < -0.3 is 5.32 Å². The van der Waals surface area contributed by atoms with E-state index in [4.69, 9.17) is 0 Å². The van der Waals surface area contributed by atoms with E-state index in [1.807, 2.05) is 17.8 Å². The van der Waals surface area contributed by atoms with Crippen LogP contribution < -0.4 is 5.32 Å². The third-order valence-corrected chi connectivity index (χ3v) is 4.11. The van der Waals surface area contributed by atoms with Crippen LogP contribution in [0.1, 0.15) is 30.5 Å². The van der Waals surface area contributed by atoms with Gasteiger partial charge >= 0.3 is 0 Å². The highest BCUT2D eigenvalue weighted by atomic mass is 32.2. The number of nitrogens with one attached hydrogen (secondary N) is 1. The topological polar surface area (TPSA) is 37.8 Å². The Morgan fingerprint density at radius 3 is 3.06 bits per heavy atom. The van der Waals surface area contributed by atoms with Crippen molar-refractivity contribution < 1.29 is 0 Å². The highest BCUT2D eigenvalue weighted by molar-refractivity contribution is 7.99. The smallest absolute Gasteiger partial charge is 0.132 e. The first-order valence-electron chi connectivity index (χ1n) is 6.67. The van der Waals surface area contributed by atoms with Crippen LogP contribution in [0, 0.1) is 0 Å². The molecule has 0 saturated carbocycles. The Balaban J connectivity index is 1.93. The van der Waals surface area contributed by atoms with Gasteiger partial charge in [0.1, 0.15) is 12.1 Å². The lowest BCUT2D eigenvalue weighted by molar-refractivity contribution is 0.709. The van der Waals surface area contributed by atoms with Crippen LogP contribution >= 0.6 is 11.8 Å². The lowest BCUT2D eigenvalue weighted by Gasteiger charge is -2.11. The van der Waals surface area contributed by atoms with E-state index in [2.05, 4.69) is 21.9 Å². The number of nitrogens with zero attached hydrogens (tertiary/aromatic N) is 2. The van der Waals surface area contributed by atoms with Crippen LogP contribution in [0.4, 0.5) is 5.82 Å². The number of anilines is 1. The maximum Gasteiger partial charge on any atom is 0.132 e. The number of rotatable bonds is 6. The average Bonchev–Trinajstić information content (AvgIpc) is 2.64. The van der Waals surface area contributed by atoms with Crippen LogP contribution in [0.2, 0.25) is 0 Å². The second kappa shape index (κ2) is 7.41. The molecule has 1 aliphatic rings. The molecular weight excluding hydrogens is 242 g/mol. The van der Waals surface area contributed by atoms with Gasteiger partial charge in [-0.15, -0.1) is 6.58 Å². The standard InChI is InChI=1S/C14H21N3S/c1-2-9-18-10-8-15-14-12-6-4-3-5-7-13(12)16-11-17-14/h2,11H,1,3-10H2,(H,15,16,17). The molecule has 0 amide bonds. The highest BCUT2D eigenvalue weighted by Crippen LogP contribution is 2.23. The van der Waals surface area contributed by atoms with Gasteiger partial charge in [0.15, 0.2) is 0 Å². The molecular formula is C14H21N3S. The van der Waals surface area contributed by atoms with Crippen molar-refractivity contribution >= 4 is 17.6 Å². The van der Waals surface area contributed by atoms with E-state index in [-0.39, 0.29) is 0 Å². The fourth-order valence-corrected chi connectivity index (χ4v) is 2.84. The summed E-state index contributed by atoms with van der Waals surface area (Å²) in [5.74, 6) is 3.16. The Bertz CT molecular complexity index is 393. The van der Waals surface area contributed by atoms with Crippen LogP contribution in [0.25, 0.3) is 0 Å². The molecule has 0 radical (unpaired) electrons. The molecule has 1 aromatic heterocycles. The zero-order valence-corrected chi connectivity index (χ0v) is 11.6. The Labute approximate surface area is 113 Å². The van der Waals surface area contributed by atoms with Crippen LogP contribution in [0.15, 0.2) is 19.0 Å². The number of aromatic nitrogens is 2. The Kier molecular flexibility index (Phi) is 5.52. The van der Waals surface area contributed by atoms with Crippen molar-refractivity contribution in [2.45, 2.75) is 32.1 Å². The second-order valence-corrected chi connectivity index (χ2v) is 5.65. The molecule has 0 fully saturated rings. The zero-order chi connectivity index (χ0) is 12.6. The van der Waals surface area contributed by atoms with E-state index in [9.17, 15) is 0 Å². The molecule has 1 N–H and O–H groups in total. The summed E-state index contributed by atoms with van der Waals surface area (Å²) >= 11 is 1.89. The molecule has 18 heavy (non-hydrogen) atoms. The van der Waals surface area contributed by atoms with Crippen molar-refractivity contribution in [2.24, 2.45) is 0 Å². The van der Waals surface area contributed by atoms with Crippen molar-refractivity contribution in [3.05, 3.63) is 30.2 Å². The number of hydrogen-bond donors (Lipinski definition) is 1. The predicted octanol–water partition coefficient (Wildman–Crippen LogP) is 3.08. The first-order valence-corrected chi connectivity index (χ1v) is 7.82. The van der Waals surface area contributed by atoms with Crippen molar-refractivity contribution in [3.63, 3.8) is 0 Å². The molecule has 0 saturated heterocycles. The van der Waals surface area contributed by atoms with Crippen LogP contribution in [-0.2, 0) is 12.8 Å². The minimum Gasteiger partial charge on any atom is -0.369 e. The van der Waals surface area contributed by atoms with Gasteiger partial charge in [0.05, 0.1) is 0 Å². The van der Waals surface area contributed by atoms with E-state index < -0.39 is 0 Å². The molecule has 0 aliphatic heterocycles. The minimum absolute atomic E-state index is 0.960. The Morgan fingerprint density at radius 1 is 1.28 bits per heavy atom. The third-order valence-electron chi connectivity index (χ3n) is 3.15. The maximum absolute atomic E-state index is 4.43. The summed E-state index contributed by atoms with van der Waals surface area (Å²) in [5.41, 5.74) is 2.60. The summed E-state index contributed by atoms with van der Waals surface area (Å²) in [7, 11) is 0. The molecule has 2 rings (SSSR count). The SMILES string of the molecule is C=CCSCCNc1ncnc2c1CCCCC2. The summed E-state index contributed by atoms with van der Waals surface area (Å²) in [6.07, 6.45) is 9.71. The summed E-state index contributed by atoms with van der Waals surface area (Å²) < 4.78 is 0. The average molecular weight is 263 g/mol. The largest absolute Gasteiger partial charge is 0.369 e. The van der Waals surface area contributed by atoms with Crippen molar-refractivity contribution in [2.75, 3.05) is 23.4 Å². The highest BCUT2D eigenvalue weighted by Gasteiger charge is 2.13. The predicted molar refractivity (Wildman–Crippen MR) is 79.3 cm³/mol. The van der Waals surface area contributed by atoms with Gasteiger partial charge in [-0.2, -0.15) is 11.8 Å². The van der Waals surface area contributed by atoms with Crippen LogP contribution in [-0.4, -0.2) is 28.0 Å². The van der Waals surface area contributed by atoms with Gasteiger partial charge in [0.25, 0.3) is 0 Å². The number of hydrogen-bond acceptors (Lipinski definition) is 4. The summed E-state index contributed by atoms with van der Waals surface area (Å²) in [5, 5.41) is 3.45. The lowest BCUT2D eigenvalue weighted by Crippen LogP contribution is -2.10. The number of aryl methyl sites for hydroxylation is 1. The molecule has 3 nitrogen and oxygen atoms in total. The van der Waals surface area contributed by atoms with Gasteiger partial charge in [-0.05, 0) is 25.7 Å². The Hall–Kier alpha value is -1.03. The molecule has 1 heterocycles. The quantitative estimate of drug-likeness (QED) is 0.486. The normalized spacial score (nSPS) is 14.7. The molecule has 98 valence electrons. The fraction of sp³-hybridized carbons (Fsp3) is 0.571. The molecule has 4 heteroatoms. The summed E-state index contributed by atoms with van der Waals surface area (Å²) in [6.45, 7) is 4.68. The van der Waals surface area contributed by atoms with Gasteiger partial charge in [-0.3, -0.25) is 0 Å². The van der Waals surface area contributed by atoms with Crippen molar-refractivity contribution in [3.8, 4) is 0 Å². The van der Waals surface area contributed by atoms with E-state index in [0.717, 1.165) is 36.7 Å². The van der Waals surface area contributed by atoms with Crippen molar-refractivity contribution in [1.29, 1.82) is 0 Å². The van der Waals surface area contributed by atoms with E-state index >= 15 is 0 Å². The molecule has 1 aliphatic carbocycles. The monoisotopic (exact) mass is 263 g/mol. The number of fused-ring (bicyclic) bond motifs is 1. The summed E-state index contributed by atoms with van der Waals surface area (Å²) in [6, 6.07) is 0. The fourth-order valence-electron chi connectivity index (χ4n) is 2.26. The molecule has 0 bridgehead atoms. The van der Waals surface area contributed by atoms with Gasteiger partial charge in [0.2, 0.25) is 0 Å². The molecule has 0 atom stereocenters. The van der Waals surface area contributed by atoms with Gasteiger partial charge in [-0.25, -0.2) is 9.97 Å². The summed E-state index contributed by atoms with van der Waals surface area (Å²) in [4.78, 5) is 8.83. The minimum atomic E-state index is 0.960. The molecule has 0 aromatic carbocycles. The van der Waals surface area contributed by atoms with Gasteiger partial charge in [0, 0.05) is 29.3 Å². The Morgan fingerprint density at radius 2 is 2.17 bits per heavy atom. The molecule has 0 unspecified atom stereocenters. The van der Waals surface area contributed by atoms with E-state index in [1.165, 1.54) is 30.5 Å². The van der Waals surface area contributed by atoms with Crippen LogP contribution in [0.3, 0.4) is 0 Å². The third kappa shape index (κ3) is 3.73.